The minimum atomic E-state index is -0.839. The van der Waals surface area contributed by atoms with Crippen LogP contribution in [0.25, 0.3) is 0 Å². The predicted molar refractivity (Wildman–Crippen MR) is 110 cm³/mol. The number of carbonyl (C=O) groups excluding carboxylic acids is 4. The quantitative estimate of drug-likeness (QED) is 0.350. The number of nitrogens with two attached hydrogens (primary N) is 2. The summed E-state index contributed by atoms with van der Waals surface area (Å²) in [7, 11) is 0. The van der Waals surface area contributed by atoms with Crippen molar-refractivity contribution in [3.8, 4) is 5.75 Å². The van der Waals surface area contributed by atoms with Crippen molar-refractivity contribution in [3.05, 3.63) is 71.3 Å². The first-order valence-electron chi connectivity index (χ1n) is 8.78. The van der Waals surface area contributed by atoms with Gasteiger partial charge in [-0.1, -0.05) is 18.2 Å². The van der Waals surface area contributed by atoms with Crippen LogP contribution in [0.15, 0.2) is 54.6 Å². The molecule has 0 heterocycles. The number of hydrogen-bond acceptors (Lipinski definition) is 5. The zero-order valence-electron chi connectivity index (χ0n) is 15.8. The Kier molecular flexibility index (Phi) is 7.52. The topological polar surface area (TPSA) is 177 Å². The number of phenols is 1. The van der Waals surface area contributed by atoms with Crippen LogP contribution in [0.1, 0.15) is 31.1 Å². The summed E-state index contributed by atoms with van der Waals surface area (Å²) in [6.07, 6.45) is 3.29. The van der Waals surface area contributed by atoms with Gasteiger partial charge in [0.2, 0.25) is 0 Å². The predicted octanol–water partition coefficient (Wildman–Crippen LogP) is 0.698. The molecule has 10 heteroatoms. The molecule has 0 unspecified atom stereocenters. The number of amides is 5. The standard InChI is InChI=1S/C20H21N5O5/c21-17(27)15-11-13(6-7-16(15)26)19(29)24-9-2-1-8-23-18(28)12-4-3-5-14(10-12)25-20(22)30/h1-7,10-11,26H,8-9H2,(H2,21,27)(H,23,28)(H,24,29)(H3,22,25,30)/b2-1+. The molecule has 0 bridgehead atoms. The largest absolute Gasteiger partial charge is 0.507 e. The first-order valence-corrected chi connectivity index (χ1v) is 8.78. The molecule has 0 saturated heterocycles. The number of benzene rings is 2. The van der Waals surface area contributed by atoms with Gasteiger partial charge in [-0.05, 0) is 36.4 Å². The van der Waals surface area contributed by atoms with Gasteiger partial charge in [-0.25, -0.2) is 4.79 Å². The summed E-state index contributed by atoms with van der Waals surface area (Å²) in [6.45, 7) is 0.396. The Bertz CT molecular complexity index is 1000. The Morgan fingerprint density at radius 2 is 1.47 bits per heavy atom. The fourth-order valence-corrected chi connectivity index (χ4v) is 2.43. The van der Waals surface area contributed by atoms with Crippen molar-refractivity contribution >= 4 is 29.4 Å². The molecule has 0 atom stereocenters. The van der Waals surface area contributed by atoms with Gasteiger partial charge in [0.15, 0.2) is 0 Å². The third kappa shape index (κ3) is 6.37. The highest BCUT2D eigenvalue weighted by atomic mass is 16.3. The van der Waals surface area contributed by atoms with Gasteiger partial charge in [0, 0.05) is 29.9 Å². The van der Waals surface area contributed by atoms with Crippen LogP contribution in [0.5, 0.6) is 5.75 Å². The number of carbonyl (C=O) groups is 4. The lowest BCUT2D eigenvalue weighted by atomic mass is 10.1. The van der Waals surface area contributed by atoms with E-state index in [2.05, 4.69) is 16.0 Å². The highest BCUT2D eigenvalue weighted by Gasteiger charge is 2.12. The highest BCUT2D eigenvalue weighted by Crippen LogP contribution is 2.17. The zero-order valence-corrected chi connectivity index (χ0v) is 15.8. The first-order chi connectivity index (χ1) is 14.3. The van der Waals surface area contributed by atoms with E-state index >= 15 is 0 Å². The lowest BCUT2D eigenvalue weighted by Crippen LogP contribution is -2.25. The van der Waals surface area contributed by atoms with Gasteiger partial charge in [0.1, 0.15) is 5.75 Å². The number of primary amides is 2. The fourth-order valence-electron chi connectivity index (χ4n) is 2.43. The maximum absolute atomic E-state index is 12.1. The van der Waals surface area contributed by atoms with Gasteiger partial charge in [-0.3, -0.25) is 14.4 Å². The molecule has 0 saturated carbocycles. The van der Waals surface area contributed by atoms with Crippen LogP contribution in [0.2, 0.25) is 0 Å². The van der Waals surface area contributed by atoms with Crippen LogP contribution in [-0.2, 0) is 0 Å². The number of anilines is 1. The molecule has 2 aromatic rings. The van der Waals surface area contributed by atoms with E-state index in [1.165, 1.54) is 24.3 Å². The second kappa shape index (κ2) is 10.3. The molecule has 2 rings (SSSR count). The van der Waals surface area contributed by atoms with E-state index in [4.69, 9.17) is 11.5 Å². The second-order valence-electron chi connectivity index (χ2n) is 6.06. The Morgan fingerprint density at radius 3 is 2.03 bits per heavy atom. The molecule has 8 N–H and O–H groups in total. The SMILES string of the molecule is NC(=O)Nc1cccc(C(=O)NC/C=C/CNC(=O)c2ccc(O)c(C(N)=O)c2)c1. The summed E-state index contributed by atoms with van der Waals surface area (Å²) in [4.78, 5) is 46.3. The Morgan fingerprint density at radius 1 is 0.867 bits per heavy atom. The molecule has 0 fully saturated rings. The molecule has 156 valence electrons. The lowest BCUT2D eigenvalue weighted by Gasteiger charge is -2.06. The molecule has 5 amide bonds. The van der Waals surface area contributed by atoms with E-state index in [1.807, 2.05) is 0 Å². The van der Waals surface area contributed by atoms with Crippen LogP contribution >= 0.6 is 0 Å². The second-order valence-corrected chi connectivity index (χ2v) is 6.06. The van der Waals surface area contributed by atoms with Crippen molar-refractivity contribution < 1.29 is 24.3 Å². The van der Waals surface area contributed by atoms with Crippen molar-refractivity contribution in [2.24, 2.45) is 11.5 Å². The average molecular weight is 411 g/mol. The summed E-state index contributed by atoms with van der Waals surface area (Å²) in [5, 5.41) is 17.2. The molecule has 10 nitrogen and oxygen atoms in total. The van der Waals surface area contributed by atoms with Crippen LogP contribution in [0.4, 0.5) is 10.5 Å². The molecule has 0 aliphatic heterocycles. The fraction of sp³-hybridized carbons (Fsp3) is 0.100. The summed E-state index contributed by atoms with van der Waals surface area (Å²) in [5.74, 6) is -1.94. The third-order valence-corrected chi connectivity index (χ3v) is 3.84. The smallest absolute Gasteiger partial charge is 0.316 e. The number of urea groups is 1. The average Bonchev–Trinajstić information content (AvgIpc) is 2.70. The van der Waals surface area contributed by atoms with E-state index < -0.39 is 17.8 Å². The molecule has 30 heavy (non-hydrogen) atoms. The lowest BCUT2D eigenvalue weighted by molar-refractivity contribution is 0.0948. The van der Waals surface area contributed by atoms with Gasteiger partial charge in [0.05, 0.1) is 5.56 Å². The van der Waals surface area contributed by atoms with Crippen LogP contribution in [0, 0.1) is 0 Å². The minimum Gasteiger partial charge on any atom is -0.507 e. The van der Waals surface area contributed by atoms with Gasteiger partial charge in [0.25, 0.3) is 17.7 Å². The van der Waals surface area contributed by atoms with Crippen molar-refractivity contribution in [1.82, 2.24) is 10.6 Å². The molecule has 0 aliphatic rings. The Hall–Kier alpha value is -4.34. The molecule has 0 aliphatic carbocycles. The summed E-state index contributed by atoms with van der Waals surface area (Å²) >= 11 is 0. The zero-order chi connectivity index (χ0) is 22.1. The van der Waals surface area contributed by atoms with E-state index in [-0.39, 0.29) is 35.9 Å². The van der Waals surface area contributed by atoms with Gasteiger partial charge in [-0.15, -0.1) is 0 Å². The summed E-state index contributed by atoms with van der Waals surface area (Å²) in [6, 6.07) is 9.35. The third-order valence-electron chi connectivity index (χ3n) is 3.84. The molecule has 0 radical (unpaired) electrons. The van der Waals surface area contributed by atoms with E-state index in [0.717, 1.165) is 0 Å². The summed E-state index contributed by atoms with van der Waals surface area (Å²) < 4.78 is 0. The van der Waals surface area contributed by atoms with Gasteiger partial charge >= 0.3 is 6.03 Å². The Labute approximate surface area is 171 Å². The monoisotopic (exact) mass is 411 g/mol. The number of hydrogen-bond donors (Lipinski definition) is 6. The van der Waals surface area contributed by atoms with Crippen LogP contribution in [-0.4, -0.2) is 41.9 Å². The van der Waals surface area contributed by atoms with Crippen molar-refractivity contribution in [3.63, 3.8) is 0 Å². The molecule has 0 spiro atoms. The van der Waals surface area contributed by atoms with E-state index in [1.54, 1.807) is 30.4 Å². The van der Waals surface area contributed by atoms with Crippen LogP contribution < -0.4 is 27.4 Å². The normalized spacial score (nSPS) is 10.4. The molecule has 2 aromatic carbocycles. The van der Waals surface area contributed by atoms with Crippen molar-refractivity contribution in [1.29, 1.82) is 0 Å². The highest BCUT2D eigenvalue weighted by molar-refractivity contribution is 6.00. The van der Waals surface area contributed by atoms with E-state index in [0.29, 0.717) is 11.3 Å². The summed E-state index contributed by atoms with van der Waals surface area (Å²) in [5.41, 5.74) is 11.0. The number of rotatable bonds is 8. The maximum atomic E-state index is 12.1. The number of nitrogens with one attached hydrogen (secondary N) is 3. The maximum Gasteiger partial charge on any atom is 0.316 e. The molecular weight excluding hydrogens is 390 g/mol. The van der Waals surface area contributed by atoms with Gasteiger partial charge < -0.3 is 32.5 Å². The van der Waals surface area contributed by atoms with E-state index in [9.17, 15) is 24.3 Å². The van der Waals surface area contributed by atoms with Crippen molar-refractivity contribution in [2.75, 3.05) is 18.4 Å². The molecular formula is C20H21N5O5. The Balaban J connectivity index is 1.80. The minimum absolute atomic E-state index is 0.143. The molecule has 0 aromatic heterocycles. The van der Waals surface area contributed by atoms with Crippen LogP contribution in [0.3, 0.4) is 0 Å². The first kappa shape index (κ1) is 22.0. The number of aromatic hydroxyl groups is 1. The van der Waals surface area contributed by atoms with Gasteiger partial charge in [-0.2, -0.15) is 0 Å². The van der Waals surface area contributed by atoms with Crippen molar-refractivity contribution in [2.45, 2.75) is 0 Å².